The number of fused-ring (bicyclic) bond motifs is 2. The first-order valence-corrected chi connectivity index (χ1v) is 9.37. The Labute approximate surface area is 162 Å². The van der Waals surface area contributed by atoms with Gasteiger partial charge in [0, 0.05) is 4.90 Å². The molecule has 2 heterocycles. The van der Waals surface area contributed by atoms with E-state index in [4.69, 9.17) is 4.74 Å². The molecule has 1 unspecified atom stereocenters. The van der Waals surface area contributed by atoms with Gasteiger partial charge in [-0.05, 0) is 24.3 Å². The van der Waals surface area contributed by atoms with Crippen molar-refractivity contribution in [3.63, 3.8) is 0 Å². The second-order valence-electron chi connectivity index (χ2n) is 6.12. The molecule has 1 aliphatic rings. The molecule has 1 atom stereocenters. The van der Waals surface area contributed by atoms with Crippen LogP contribution in [0.2, 0.25) is 0 Å². The van der Waals surface area contributed by atoms with Gasteiger partial charge in [0.15, 0.2) is 5.82 Å². The maximum Gasteiger partial charge on any atom is 0.320 e. The van der Waals surface area contributed by atoms with Crippen LogP contribution in [0.5, 0.6) is 0 Å². The third kappa shape index (κ3) is 3.57. The standard InChI is InChI=1S/C19H15F2N3O3S/c20-19(21)24-13-7-3-1-5-11(13)22-16(24)10-27-17(25)9-15-18(26)23-12-6-2-4-8-14(12)28-15/h1-8,15,19H,9-10H2,(H,23,26). The Morgan fingerprint density at radius 1 is 1.21 bits per heavy atom. The van der Waals surface area contributed by atoms with Gasteiger partial charge in [0.1, 0.15) is 6.61 Å². The van der Waals surface area contributed by atoms with Crippen molar-refractivity contribution >= 4 is 40.4 Å². The molecule has 1 aromatic heterocycles. The van der Waals surface area contributed by atoms with Gasteiger partial charge in [0.05, 0.1) is 28.4 Å². The zero-order valence-electron chi connectivity index (χ0n) is 14.5. The summed E-state index contributed by atoms with van der Waals surface area (Å²) < 4.78 is 32.7. The summed E-state index contributed by atoms with van der Waals surface area (Å²) in [6.07, 6.45) is -0.167. The molecule has 4 rings (SSSR count). The number of aromatic nitrogens is 2. The Kier molecular flexibility index (Phi) is 4.99. The molecule has 0 saturated heterocycles. The van der Waals surface area contributed by atoms with Gasteiger partial charge in [-0.3, -0.25) is 14.2 Å². The van der Waals surface area contributed by atoms with Crippen molar-refractivity contribution in [2.45, 2.75) is 29.7 Å². The Hall–Kier alpha value is -2.94. The largest absolute Gasteiger partial charge is 0.457 e. The van der Waals surface area contributed by atoms with E-state index in [1.54, 1.807) is 24.3 Å². The normalized spacial score (nSPS) is 16.1. The van der Waals surface area contributed by atoms with Crippen molar-refractivity contribution in [3.05, 3.63) is 54.4 Å². The molecular formula is C19H15F2N3O3S. The number of halogens is 2. The number of imidazole rings is 1. The molecular weight excluding hydrogens is 388 g/mol. The number of carbonyl (C=O) groups excluding carboxylic acids is 2. The fourth-order valence-electron chi connectivity index (χ4n) is 3.00. The van der Waals surface area contributed by atoms with Gasteiger partial charge in [-0.15, -0.1) is 11.8 Å². The van der Waals surface area contributed by atoms with E-state index < -0.39 is 24.4 Å². The summed E-state index contributed by atoms with van der Waals surface area (Å²) in [5.74, 6) is -0.990. The SMILES string of the molecule is O=C(CC1Sc2ccccc2NC1=O)OCc1nc2ccccc2n1C(F)F. The highest BCUT2D eigenvalue weighted by atomic mass is 32.2. The predicted molar refractivity (Wildman–Crippen MR) is 100 cm³/mol. The summed E-state index contributed by atoms with van der Waals surface area (Å²) >= 11 is 1.27. The van der Waals surface area contributed by atoms with Gasteiger partial charge in [-0.25, -0.2) is 4.98 Å². The molecule has 9 heteroatoms. The van der Waals surface area contributed by atoms with Crippen LogP contribution in [0.3, 0.4) is 0 Å². The maximum absolute atomic E-state index is 13.4. The van der Waals surface area contributed by atoms with Crippen molar-refractivity contribution in [3.8, 4) is 0 Å². The second-order valence-corrected chi connectivity index (χ2v) is 7.37. The van der Waals surface area contributed by atoms with E-state index in [-0.39, 0.29) is 23.7 Å². The Morgan fingerprint density at radius 2 is 1.96 bits per heavy atom. The average molecular weight is 403 g/mol. The highest BCUT2D eigenvalue weighted by Gasteiger charge is 2.29. The van der Waals surface area contributed by atoms with E-state index >= 15 is 0 Å². The van der Waals surface area contributed by atoms with E-state index in [9.17, 15) is 18.4 Å². The van der Waals surface area contributed by atoms with Crippen LogP contribution in [0.1, 0.15) is 18.8 Å². The molecule has 0 aliphatic carbocycles. The topological polar surface area (TPSA) is 73.2 Å². The number of rotatable bonds is 5. The van der Waals surface area contributed by atoms with Crippen molar-refractivity contribution in [2.24, 2.45) is 0 Å². The van der Waals surface area contributed by atoms with Gasteiger partial charge in [0.2, 0.25) is 5.91 Å². The van der Waals surface area contributed by atoms with Gasteiger partial charge in [-0.1, -0.05) is 24.3 Å². The molecule has 0 radical (unpaired) electrons. The Morgan fingerprint density at radius 3 is 2.79 bits per heavy atom. The summed E-state index contributed by atoms with van der Waals surface area (Å²) in [4.78, 5) is 29.3. The van der Waals surface area contributed by atoms with Crippen LogP contribution < -0.4 is 5.32 Å². The number of anilines is 1. The van der Waals surface area contributed by atoms with Crippen molar-refractivity contribution in [1.29, 1.82) is 0 Å². The molecule has 0 bridgehead atoms. The minimum Gasteiger partial charge on any atom is -0.457 e. The van der Waals surface area contributed by atoms with E-state index in [0.29, 0.717) is 11.2 Å². The van der Waals surface area contributed by atoms with Gasteiger partial charge < -0.3 is 10.1 Å². The number of esters is 1. The summed E-state index contributed by atoms with van der Waals surface area (Å²) in [5, 5.41) is 2.11. The molecule has 28 heavy (non-hydrogen) atoms. The van der Waals surface area contributed by atoms with Crippen molar-refractivity contribution in [1.82, 2.24) is 9.55 Å². The molecule has 0 spiro atoms. The third-order valence-electron chi connectivity index (χ3n) is 4.28. The van der Waals surface area contributed by atoms with Gasteiger partial charge in [-0.2, -0.15) is 8.78 Å². The highest BCUT2D eigenvalue weighted by molar-refractivity contribution is 8.01. The molecule has 3 aromatic rings. The quantitative estimate of drug-likeness (QED) is 0.653. The fourth-order valence-corrected chi connectivity index (χ4v) is 4.09. The van der Waals surface area contributed by atoms with E-state index in [2.05, 4.69) is 10.3 Å². The molecule has 1 N–H and O–H groups in total. The number of alkyl halides is 2. The van der Waals surface area contributed by atoms with Crippen molar-refractivity contribution in [2.75, 3.05) is 5.32 Å². The van der Waals surface area contributed by atoms with Gasteiger partial charge in [0.25, 0.3) is 0 Å². The number of nitrogens with zero attached hydrogens (tertiary/aromatic N) is 2. The van der Waals surface area contributed by atoms with Crippen LogP contribution in [0, 0.1) is 0 Å². The van der Waals surface area contributed by atoms with Crippen LogP contribution in [-0.4, -0.2) is 26.7 Å². The van der Waals surface area contributed by atoms with Crippen LogP contribution in [0.15, 0.2) is 53.4 Å². The summed E-state index contributed by atoms with van der Waals surface area (Å²) in [7, 11) is 0. The highest BCUT2D eigenvalue weighted by Crippen LogP contribution is 2.36. The zero-order chi connectivity index (χ0) is 19.7. The van der Waals surface area contributed by atoms with E-state index in [0.717, 1.165) is 9.46 Å². The lowest BCUT2D eigenvalue weighted by atomic mass is 10.2. The predicted octanol–water partition coefficient (Wildman–Crippen LogP) is 3.98. The zero-order valence-corrected chi connectivity index (χ0v) is 15.3. The summed E-state index contributed by atoms with van der Waals surface area (Å²) in [5.41, 5.74) is 1.36. The number of amides is 1. The number of hydrogen-bond donors (Lipinski definition) is 1. The molecule has 0 saturated carbocycles. The van der Waals surface area contributed by atoms with E-state index in [1.807, 2.05) is 18.2 Å². The molecule has 1 aliphatic heterocycles. The molecule has 1 amide bonds. The number of para-hydroxylation sites is 3. The summed E-state index contributed by atoms with van der Waals surface area (Å²) in [6, 6.07) is 13.7. The lowest BCUT2D eigenvalue weighted by molar-refractivity contribution is -0.146. The van der Waals surface area contributed by atoms with E-state index in [1.165, 1.54) is 17.8 Å². The first-order chi connectivity index (χ1) is 13.5. The number of nitrogens with one attached hydrogen (secondary N) is 1. The fraction of sp³-hybridized carbons (Fsp3) is 0.211. The number of carbonyl (C=O) groups is 2. The van der Waals surface area contributed by atoms with Gasteiger partial charge >= 0.3 is 12.5 Å². The molecule has 0 fully saturated rings. The first kappa shape index (κ1) is 18.4. The third-order valence-corrected chi connectivity index (χ3v) is 5.56. The summed E-state index contributed by atoms with van der Waals surface area (Å²) in [6.45, 7) is -3.20. The number of thioether (sulfide) groups is 1. The molecule has 144 valence electrons. The monoisotopic (exact) mass is 403 g/mol. The number of benzene rings is 2. The van der Waals surface area contributed by atoms with Crippen LogP contribution in [0.25, 0.3) is 11.0 Å². The minimum absolute atomic E-state index is 0.0457. The number of hydrogen-bond acceptors (Lipinski definition) is 5. The van der Waals surface area contributed by atoms with Crippen LogP contribution in [-0.2, 0) is 20.9 Å². The van der Waals surface area contributed by atoms with Crippen LogP contribution in [0.4, 0.5) is 14.5 Å². The lowest BCUT2D eigenvalue weighted by Gasteiger charge is -2.23. The second kappa shape index (κ2) is 7.59. The molecule has 2 aromatic carbocycles. The van der Waals surface area contributed by atoms with Crippen molar-refractivity contribution < 1.29 is 23.1 Å². The Bertz CT molecular complexity index is 1050. The number of ether oxygens (including phenoxy) is 1. The molecule has 6 nitrogen and oxygen atoms in total. The minimum atomic E-state index is -2.81. The maximum atomic E-state index is 13.4. The first-order valence-electron chi connectivity index (χ1n) is 8.49. The average Bonchev–Trinajstić information content (AvgIpc) is 3.05. The van der Waals surface area contributed by atoms with Crippen LogP contribution >= 0.6 is 11.8 Å². The Balaban J connectivity index is 1.43. The lowest BCUT2D eigenvalue weighted by Crippen LogP contribution is -2.31. The smallest absolute Gasteiger partial charge is 0.320 e.